The Kier molecular flexibility index (Phi) is 5.93. The molecular formula is C15H24O2Rb. The first-order valence-corrected chi connectivity index (χ1v) is 7.48. The zero-order valence-electron chi connectivity index (χ0n) is 11.9. The van der Waals surface area contributed by atoms with Gasteiger partial charge in [-0.3, -0.25) is 4.79 Å². The molecule has 5 atom stereocenters. The van der Waals surface area contributed by atoms with Gasteiger partial charge in [-0.25, -0.2) is 0 Å². The van der Waals surface area contributed by atoms with E-state index in [1.165, 1.54) is 44.9 Å². The van der Waals surface area contributed by atoms with Gasteiger partial charge < -0.3 is 4.74 Å². The molecule has 0 aromatic carbocycles. The Morgan fingerprint density at radius 3 is 2.17 bits per heavy atom. The van der Waals surface area contributed by atoms with E-state index in [1.807, 2.05) is 0 Å². The van der Waals surface area contributed by atoms with Gasteiger partial charge in [-0.05, 0) is 49.9 Å². The van der Waals surface area contributed by atoms with Crippen LogP contribution in [0.5, 0.6) is 0 Å². The van der Waals surface area contributed by atoms with E-state index in [-0.39, 0.29) is 76.2 Å². The Balaban J connectivity index is 0.00000120. The van der Waals surface area contributed by atoms with Crippen LogP contribution in [0.3, 0.4) is 0 Å². The van der Waals surface area contributed by atoms with Crippen LogP contribution in [0.1, 0.15) is 58.3 Å². The third-order valence-corrected chi connectivity index (χ3v) is 5.46. The summed E-state index contributed by atoms with van der Waals surface area (Å²) in [5, 5.41) is 0. The summed E-state index contributed by atoms with van der Waals surface area (Å²) in [6.07, 6.45) is 10.5. The molecule has 0 spiro atoms. The molecule has 2 saturated carbocycles. The van der Waals surface area contributed by atoms with Crippen LogP contribution in [0.15, 0.2) is 0 Å². The van der Waals surface area contributed by atoms with Crippen molar-refractivity contribution in [2.24, 2.45) is 23.7 Å². The summed E-state index contributed by atoms with van der Waals surface area (Å²) in [6.45, 7) is 2.10. The van der Waals surface area contributed by atoms with Crippen molar-refractivity contribution in [3.63, 3.8) is 0 Å². The van der Waals surface area contributed by atoms with E-state index >= 15 is 0 Å². The second-order valence-corrected chi connectivity index (χ2v) is 6.32. The molecule has 97 valence electrons. The van der Waals surface area contributed by atoms with E-state index in [4.69, 9.17) is 4.74 Å². The van der Waals surface area contributed by atoms with E-state index in [0.717, 1.165) is 12.3 Å². The number of fused-ring (bicyclic) bond motifs is 3. The van der Waals surface area contributed by atoms with Crippen LogP contribution in [0.25, 0.3) is 0 Å². The zero-order valence-corrected chi connectivity index (χ0v) is 16.8. The van der Waals surface area contributed by atoms with Crippen LogP contribution in [-0.2, 0) is 9.53 Å². The monoisotopic (exact) mass is 321 g/mol. The summed E-state index contributed by atoms with van der Waals surface area (Å²) in [6, 6.07) is 0. The molecule has 1 saturated heterocycles. The van der Waals surface area contributed by atoms with Crippen LogP contribution < -0.4 is 0 Å². The Bertz CT molecular complexity index is 305. The number of carbonyl (C=O) groups excluding carboxylic acids is 1. The van der Waals surface area contributed by atoms with Crippen LogP contribution in [0, 0.1) is 23.7 Å². The Morgan fingerprint density at radius 2 is 1.44 bits per heavy atom. The minimum absolute atomic E-state index is 0. The summed E-state index contributed by atoms with van der Waals surface area (Å²) in [7, 11) is 0. The van der Waals surface area contributed by atoms with Gasteiger partial charge in [-0.15, -0.1) is 0 Å². The topological polar surface area (TPSA) is 26.3 Å². The van der Waals surface area contributed by atoms with Crippen molar-refractivity contribution in [3.05, 3.63) is 0 Å². The van der Waals surface area contributed by atoms with Crippen molar-refractivity contribution in [2.75, 3.05) is 0 Å². The molecule has 1 aliphatic heterocycles. The fraction of sp³-hybridized carbons (Fsp3) is 0.933. The summed E-state index contributed by atoms with van der Waals surface area (Å²) < 4.78 is 5.78. The molecule has 0 amide bonds. The first kappa shape index (κ1) is 15.7. The average molecular weight is 322 g/mol. The maximum Gasteiger partial charge on any atom is 0.309 e. The quantitative estimate of drug-likeness (QED) is 0.641. The number of esters is 1. The molecule has 3 aliphatic rings. The van der Waals surface area contributed by atoms with Crippen molar-refractivity contribution in [2.45, 2.75) is 64.4 Å². The molecule has 3 fully saturated rings. The first-order valence-electron chi connectivity index (χ1n) is 7.48. The molecular weight excluding hydrogens is 298 g/mol. The molecule has 2 aliphatic carbocycles. The first-order chi connectivity index (χ1) is 8.27. The van der Waals surface area contributed by atoms with E-state index in [1.54, 1.807) is 0 Å². The third-order valence-electron chi connectivity index (χ3n) is 5.46. The number of ether oxygens (including phenoxy) is 1. The number of hydrogen-bond donors (Lipinski definition) is 0. The minimum Gasteiger partial charge on any atom is -0.462 e. The predicted octanol–water partition coefficient (Wildman–Crippen LogP) is 3.16. The third kappa shape index (κ3) is 2.97. The van der Waals surface area contributed by atoms with Crippen molar-refractivity contribution in [3.8, 4) is 0 Å². The molecule has 0 bridgehead atoms. The molecule has 3 heteroatoms. The number of rotatable bonds is 0. The molecule has 1 heterocycles. The van der Waals surface area contributed by atoms with Gasteiger partial charge in [0.15, 0.2) is 0 Å². The fourth-order valence-corrected chi connectivity index (χ4v) is 4.53. The minimum atomic E-state index is 0. The van der Waals surface area contributed by atoms with Gasteiger partial charge in [0.1, 0.15) is 6.10 Å². The Labute approximate surface area is 159 Å². The zero-order chi connectivity index (χ0) is 11.8. The molecule has 0 aromatic rings. The van der Waals surface area contributed by atoms with Crippen molar-refractivity contribution in [1.29, 1.82) is 0 Å². The molecule has 0 aromatic heterocycles. The number of carbonyl (C=O) groups is 1. The van der Waals surface area contributed by atoms with Gasteiger partial charge in [0.25, 0.3) is 0 Å². The molecule has 5 unspecified atom stereocenters. The maximum atomic E-state index is 12.1. The van der Waals surface area contributed by atoms with Crippen LogP contribution in [-0.4, -0.2) is 70.3 Å². The fourth-order valence-electron chi connectivity index (χ4n) is 4.53. The van der Waals surface area contributed by atoms with Gasteiger partial charge in [-0.1, -0.05) is 26.2 Å². The van der Waals surface area contributed by atoms with Gasteiger partial charge in [0.05, 0.1) is 5.92 Å². The van der Waals surface area contributed by atoms with E-state index in [2.05, 4.69) is 6.92 Å². The smallest absolute Gasteiger partial charge is 0.309 e. The van der Waals surface area contributed by atoms with Crippen molar-refractivity contribution < 1.29 is 9.53 Å². The normalized spacial score (nSPS) is 43.8. The van der Waals surface area contributed by atoms with Crippen molar-refractivity contribution in [1.82, 2.24) is 0 Å². The second kappa shape index (κ2) is 6.82. The largest absolute Gasteiger partial charge is 0.462 e. The molecule has 3 rings (SSSR count). The second-order valence-electron chi connectivity index (χ2n) is 6.32. The van der Waals surface area contributed by atoms with E-state index in [0.29, 0.717) is 11.8 Å². The standard InChI is InChI=1S/C15H24O2.Rb/c1-10-11-6-2-3-7-12(11)13-8-4-5-9-14(13)17-15(10)16;/h10-14H,2-9H2,1H3;. The summed E-state index contributed by atoms with van der Waals surface area (Å²) in [4.78, 5) is 12.1. The Hall–Kier alpha value is 1.28. The van der Waals surface area contributed by atoms with Gasteiger partial charge in [-0.2, -0.15) is 0 Å². The van der Waals surface area contributed by atoms with Gasteiger partial charge in [0, 0.05) is 58.2 Å². The number of hydrogen-bond acceptors (Lipinski definition) is 2. The molecule has 2 nitrogen and oxygen atoms in total. The summed E-state index contributed by atoms with van der Waals surface area (Å²) in [5.74, 6) is 2.31. The van der Waals surface area contributed by atoms with Crippen LogP contribution in [0.4, 0.5) is 0 Å². The summed E-state index contributed by atoms with van der Waals surface area (Å²) in [5.41, 5.74) is 0. The van der Waals surface area contributed by atoms with Gasteiger partial charge >= 0.3 is 5.97 Å². The van der Waals surface area contributed by atoms with Crippen LogP contribution in [0.2, 0.25) is 0 Å². The van der Waals surface area contributed by atoms with E-state index < -0.39 is 0 Å². The summed E-state index contributed by atoms with van der Waals surface area (Å²) >= 11 is 0. The Morgan fingerprint density at radius 1 is 0.889 bits per heavy atom. The average Bonchev–Trinajstić information content (AvgIpc) is 2.48. The maximum absolute atomic E-state index is 12.1. The SMILES string of the molecule is CC1C(=O)OC2CCCCC2C2CCCCC12.[Rb]. The molecule has 0 N–H and O–H groups in total. The molecule has 1 radical (unpaired) electrons. The van der Waals surface area contributed by atoms with E-state index in [9.17, 15) is 4.79 Å². The van der Waals surface area contributed by atoms with Gasteiger partial charge in [0.2, 0.25) is 0 Å². The van der Waals surface area contributed by atoms with Crippen molar-refractivity contribution >= 4 is 64.2 Å². The van der Waals surface area contributed by atoms with Crippen LogP contribution >= 0.6 is 0 Å². The predicted molar refractivity (Wildman–Crippen MR) is 72.2 cm³/mol. The molecule has 18 heavy (non-hydrogen) atoms.